The normalized spacial score (nSPS) is 23.9. The largest absolute Gasteiger partial charge is 0.457 e. The van der Waals surface area contributed by atoms with Gasteiger partial charge in [-0.25, -0.2) is 0 Å². The molecule has 5 heteroatoms. The van der Waals surface area contributed by atoms with E-state index in [4.69, 9.17) is 10.00 Å². The molecule has 1 saturated carbocycles. The van der Waals surface area contributed by atoms with Crippen LogP contribution < -0.4 is 15.4 Å². The number of carbonyl (C=O) groups is 1. The Hall–Kier alpha value is -2.84. The molecule has 2 N–H and O–H groups in total. The number of nitrogens with one attached hydrogen (secondary N) is 2. The fourth-order valence-corrected chi connectivity index (χ4v) is 3.67. The van der Waals surface area contributed by atoms with Crippen LogP contribution >= 0.6 is 0 Å². The minimum Gasteiger partial charge on any atom is -0.457 e. The van der Waals surface area contributed by atoms with Crippen LogP contribution in [-0.2, 0) is 0 Å². The molecule has 4 rings (SSSR count). The van der Waals surface area contributed by atoms with Gasteiger partial charge in [-0.3, -0.25) is 4.79 Å². The van der Waals surface area contributed by atoms with Gasteiger partial charge in [0.15, 0.2) is 0 Å². The summed E-state index contributed by atoms with van der Waals surface area (Å²) in [4.78, 5) is 12.4. The van der Waals surface area contributed by atoms with Crippen LogP contribution in [0.25, 0.3) is 0 Å². The SMILES string of the molecule is N#Cc1ccc(Oc2ccc(C(=O)NC3CC4CC3CN4)cc2)cc1. The van der Waals surface area contributed by atoms with E-state index in [1.807, 2.05) is 0 Å². The number of amides is 1. The smallest absolute Gasteiger partial charge is 0.251 e. The first kappa shape index (κ1) is 15.7. The Kier molecular flexibility index (Phi) is 4.12. The molecule has 1 heterocycles. The standard InChI is InChI=1S/C20H19N3O2/c21-11-13-1-5-17(6-2-13)25-18-7-3-14(4-8-18)20(24)23-19-10-16-9-15(19)12-22-16/h1-8,15-16,19,22H,9-10,12H2,(H,23,24). The average molecular weight is 333 g/mol. The zero-order valence-corrected chi connectivity index (χ0v) is 13.7. The zero-order chi connectivity index (χ0) is 17.2. The summed E-state index contributed by atoms with van der Waals surface area (Å²) in [5.41, 5.74) is 1.23. The summed E-state index contributed by atoms with van der Waals surface area (Å²) < 4.78 is 5.74. The number of ether oxygens (including phenoxy) is 1. The van der Waals surface area contributed by atoms with Gasteiger partial charge in [-0.1, -0.05) is 0 Å². The molecule has 1 amide bonds. The lowest BCUT2D eigenvalue weighted by Gasteiger charge is -2.23. The van der Waals surface area contributed by atoms with Crippen LogP contribution in [0.5, 0.6) is 11.5 Å². The van der Waals surface area contributed by atoms with Gasteiger partial charge in [0.25, 0.3) is 5.91 Å². The molecule has 3 atom stereocenters. The first-order valence-corrected chi connectivity index (χ1v) is 8.53. The molecular weight excluding hydrogens is 314 g/mol. The van der Waals surface area contributed by atoms with E-state index < -0.39 is 0 Å². The number of piperidine rings is 1. The van der Waals surface area contributed by atoms with Crippen LogP contribution in [0.2, 0.25) is 0 Å². The Morgan fingerprint density at radius 3 is 2.32 bits per heavy atom. The molecule has 126 valence electrons. The summed E-state index contributed by atoms with van der Waals surface area (Å²) in [6.45, 7) is 1.01. The summed E-state index contributed by atoms with van der Waals surface area (Å²) in [5, 5.41) is 15.4. The van der Waals surface area contributed by atoms with Crippen LogP contribution in [0.4, 0.5) is 0 Å². The molecule has 2 fully saturated rings. The van der Waals surface area contributed by atoms with Crippen LogP contribution in [0, 0.1) is 17.2 Å². The molecule has 25 heavy (non-hydrogen) atoms. The highest BCUT2D eigenvalue weighted by molar-refractivity contribution is 5.94. The molecule has 1 aliphatic heterocycles. The van der Waals surface area contributed by atoms with E-state index in [9.17, 15) is 4.79 Å². The number of rotatable bonds is 4. The number of hydrogen-bond donors (Lipinski definition) is 2. The van der Waals surface area contributed by atoms with Crippen molar-refractivity contribution in [1.82, 2.24) is 10.6 Å². The highest BCUT2D eigenvalue weighted by atomic mass is 16.5. The van der Waals surface area contributed by atoms with Gasteiger partial charge in [-0.2, -0.15) is 5.26 Å². The van der Waals surface area contributed by atoms with Crippen LogP contribution in [-0.4, -0.2) is 24.5 Å². The average Bonchev–Trinajstić information content (AvgIpc) is 3.26. The number of fused-ring (bicyclic) bond motifs is 2. The van der Waals surface area contributed by atoms with E-state index >= 15 is 0 Å². The van der Waals surface area contributed by atoms with E-state index in [1.165, 1.54) is 6.42 Å². The van der Waals surface area contributed by atoms with E-state index in [1.54, 1.807) is 48.5 Å². The van der Waals surface area contributed by atoms with Gasteiger partial charge in [0.2, 0.25) is 0 Å². The second kappa shape index (κ2) is 6.58. The van der Waals surface area contributed by atoms with Crippen molar-refractivity contribution in [2.75, 3.05) is 6.54 Å². The third-order valence-electron chi connectivity index (χ3n) is 5.02. The van der Waals surface area contributed by atoms with Gasteiger partial charge in [0.1, 0.15) is 11.5 Å². The molecule has 2 aromatic carbocycles. The van der Waals surface area contributed by atoms with Gasteiger partial charge in [-0.15, -0.1) is 0 Å². The fourth-order valence-electron chi connectivity index (χ4n) is 3.67. The van der Waals surface area contributed by atoms with Crippen molar-refractivity contribution in [2.24, 2.45) is 5.92 Å². The highest BCUT2D eigenvalue weighted by Crippen LogP contribution is 2.31. The Bertz CT molecular complexity index is 808. The monoisotopic (exact) mass is 333 g/mol. The van der Waals surface area contributed by atoms with Crippen molar-refractivity contribution in [3.05, 3.63) is 59.7 Å². The van der Waals surface area contributed by atoms with Crippen molar-refractivity contribution in [1.29, 1.82) is 5.26 Å². The molecule has 0 spiro atoms. The van der Waals surface area contributed by atoms with Gasteiger partial charge in [0.05, 0.1) is 11.6 Å². The van der Waals surface area contributed by atoms with E-state index in [0.29, 0.717) is 34.6 Å². The number of nitrogens with zero attached hydrogens (tertiary/aromatic N) is 1. The summed E-state index contributed by atoms with van der Waals surface area (Å²) in [5.74, 6) is 1.85. The summed E-state index contributed by atoms with van der Waals surface area (Å²) in [6.07, 6.45) is 2.19. The van der Waals surface area contributed by atoms with Crippen LogP contribution in [0.15, 0.2) is 48.5 Å². The quantitative estimate of drug-likeness (QED) is 0.902. The molecule has 5 nitrogen and oxygen atoms in total. The Labute approximate surface area is 146 Å². The third kappa shape index (κ3) is 3.35. The van der Waals surface area contributed by atoms with E-state index in [-0.39, 0.29) is 11.9 Å². The molecule has 2 aliphatic rings. The summed E-state index contributed by atoms with van der Waals surface area (Å²) >= 11 is 0. The fraction of sp³-hybridized carbons (Fsp3) is 0.300. The number of benzene rings is 2. The molecular formula is C20H19N3O2. The van der Waals surface area contributed by atoms with Gasteiger partial charge in [-0.05, 0) is 67.3 Å². The molecule has 1 aliphatic carbocycles. The number of hydrogen-bond acceptors (Lipinski definition) is 4. The number of carbonyl (C=O) groups excluding carboxylic acids is 1. The Balaban J connectivity index is 1.37. The van der Waals surface area contributed by atoms with Crippen LogP contribution in [0.1, 0.15) is 28.8 Å². The van der Waals surface area contributed by atoms with Gasteiger partial charge in [0, 0.05) is 24.2 Å². The van der Waals surface area contributed by atoms with Crippen molar-refractivity contribution < 1.29 is 9.53 Å². The molecule has 2 bridgehead atoms. The topological polar surface area (TPSA) is 74.1 Å². The van der Waals surface area contributed by atoms with Gasteiger partial charge >= 0.3 is 0 Å². The maximum absolute atomic E-state index is 12.4. The first-order chi connectivity index (χ1) is 12.2. The van der Waals surface area contributed by atoms with E-state index in [0.717, 1.165) is 13.0 Å². The maximum Gasteiger partial charge on any atom is 0.251 e. The zero-order valence-electron chi connectivity index (χ0n) is 13.7. The number of nitriles is 1. The van der Waals surface area contributed by atoms with Crippen LogP contribution in [0.3, 0.4) is 0 Å². The van der Waals surface area contributed by atoms with Crippen molar-refractivity contribution >= 4 is 5.91 Å². The molecule has 0 aromatic heterocycles. The lowest BCUT2D eigenvalue weighted by Crippen LogP contribution is -2.44. The first-order valence-electron chi connectivity index (χ1n) is 8.53. The minimum atomic E-state index is -0.0255. The summed E-state index contributed by atoms with van der Waals surface area (Å²) in [7, 11) is 0. The van der Waals surface area contributed by atoms with Crippen molar-refractivity contribution in [2.45, 2.75) is 24.9 Å². The van der Waals surface area contributed by atoms with Crippen molar-refractivity contribution in [3.8, 4) is 17.6 Å². The molecule has 2 aromatic rings. The second-order valence-corrected chi connectivity index (χ2v) is 6.68. The highest BCUT2D eigenvalue weighted by Gasteiger charge is 2.39. The predicted octanol–water partition coefficient (Wildman–Crippen LogP) is 2.83. The third-order valence-corrected chi connectivity index (χ3v) is 5.02. The molecule has 1 saturated heterocycles. The minimum absolute atomic E-state index is 0.0255. The molecule has 0 radical (unpaired) electrons. The second-order valence-electron chi connectivity index (χ2n) is 6.68. The lowest BCUT2D eigenvalue weighted by molar-refractivity contribution is 0.0925. The summed E-state index contributed by atoms with van der Waals surface area (Å²) in [6, 6.07) is 17.0. The lowest BCUT2D eigenvalue weighted by atomic mass is 10.0. The Morgan fingerprint density at radius 1 is 1.08 bits per heavy atom. The predicted molar refractivity (Wildman–Crippen MR) is 93.4 cm³/mol. The van der Waals surface area contributed by atoms with Crippen molar-refractivity contribution in [3.63, 3.8) is 0 Å². The maximum atomic E-state index is 12.4. The molecule has 3 unspecified atom stereocenters. The van der Waals surface area contributed by atoms with Gasteiger partial charge < -0.3 is 15.4 Å². The van der Waals surface area contributed by atoms with E-state index in [2.05, 4.69) is 16.7 Å². The Morgan fingerprint density at radius 2 is 1.76 bits per heavy atom.